The Hall–Kier alpha value is -1.38. The first kappa shape index (κ1) is 10.8. The average molecular weight is 292 g/mol. The topological polar surface area (TPSA) is 42.6 Å². The number of hydrogen-bond acceptors (Lipinski definition) is 3. The van der Waals surface area contributed by atoms with E-state index in [-0.39, 0.29) is 5.54 Å². The zero-order valence-corrected chi connectivity index (χ0v) is 10.7. The molecule has 3 rings (SSSR count). The van der Waals surface area contributed by atoms with Crippen molar-refractivity contribution in [3.05, 3.63) is 34.5 Å². The normalized spacial score (nSPS) is 17.5. The second-order valence-corrected chi connectivity index (χ2v) is 5.24. The number of benzene rings is 1. The van der Waals surface area contributed by atoms with E-state index >= 15 is 0 Å². The van der Waals surface area contributed by atoms with E-state index in [1.165, 1.54) is 0 Å². The number of rotatable bonds is 2. The Morgan fingerprint density at radius 2 is 2.24 bits per heavy atom. The highest BCUT2D eigenvalue weighted by Crippen LogP contribution is 2.45. The standard InChI is InChI=1S/C13H10BrNO2/c14-11-7-17-12-3-2-9(6-10(11)12)13(15-8-16)4-1-5-13/h2-3,6-7H,1,4-5H2. The van der Waals surface area contributed by atoms with Crippen LogP contribution in [0, 0.1) is 0 Å². The molecule has 1 aromatic heterocycles. The molecule has 2 aromatic rings. The van der Waals surface area contributed by atoms with Crippen LogP contribution in [0.4, 0.5) is 0 Å². The maximum absolute atomic E-state index is 10.5. The van der Waals surface area contributed by atoms with E-state index in [4.69, 9.17) is 4.42 Å². The van der Waals surface area contributed by atoms with Crippen molar-refractivity contribution >= 4 is 33.0 Å². The third-order valence-electron chi connectivity index (χ3n) is 3.50. The zero-order chi connectivity index (χ0) is 11.9. The fourth-order valence-electron chi connectivity index (χ4n) is 2.35. The van der Waals surface area contributed by atoms with Gasteiger partial charge in [0, 0.05) is 5.39 Å². The monoisotopic (exact) mass is 291 g/mol. The number of hydrogen-bond donors (Lipinski definition) is 0. The molecule has 4 heteroatoms. The maximum Gasteiger partial charge on any atom is 0.235 e. The number of halogens is 1. The second kappa shape index (κ2) is 3.83. The minimum absolute atomic E-state index is 0.341. The van der Waals surface area contributed by atoms with Crippen molar-refractivity contribution in [3.8, 4) is 0 Å². The second-order valence-electron chi connectivity index (χ2n) is 4.38. The van der Waals surface area contributed by atoms with Gasteiger partial charge in [0.15, 0.2) is 0 Å². The number of carbonyl (C=O) groups excluding carboxylic acids is 1. The van der Waals surface area contributed by atoms with E-state index in [9.17, 15) is 4.79 Å². The van der Waals surface area contributed by atoms with Gasteiger partial charge in [0.2, 0.25) is 6.08 Å². The molecule has 0 atom stereocenters. The van der Waals surface area contributed by atoms with Crippen molar-refractivity contribution in [1.82, 2.24) is 0 Å². The average Bonchev–Trinajstić information content (AvgIpc) is 2.65. The summed E-state index contributed by atoms with van der Waals surface area (Å²) in [6.07, 6.45) is 6.32. The van der Waals surface area contributed by atoms with Crippen molar-refractivity contribution in [2.45, 2.75) is 24.8 Å². The van der Waals surface area contributed by atoms with Crippen LogP contribution in [0.1, 0.15) is 24.8 Å². The number of furan rings is 1. The van der Waals surface area contributed by atoms with Crippen LogP contribution < -0.4 is 0 Å². The van der Waals surface area contributed by atoms with Crippen LogP contribution in [0.25, 0.3) is 11.0 Å². The summed E-state index contributed by atoms with van der Waals surface area (Å²) < 4.78 is 6.30. The molecule has 0 N–H and O–H groups in total. The van der Waals surface area contributed by atoms with E-state index < -0.39 is 0 Å². The minimum atomic E-state index is -0.341. The first-order valence-corrected chi connectivity index (χ1v) is 6.31. The Kier molecular flexibility index (Phi) is 2.42. The molecule has 1 aromatic carbocycles. The molecule has 1 aliphatic carbocycles. The van der Waals surface area contributed by atoms with Crippen LogP contribution in [-0.4, -0.2) is 6.08 Å². The molecule has 86 valence electrons. The highest BCUT2D eigenvalue weighted by Gasteiger charge is 2.39. The van der Waals surface area contributed by atoms with Gasteiger partial charge < -0.3 is 4.42 Å². The molecule has 1 aliphatic rings. The number of aliphatic imine (C=N–C) groups is 1. The largest absolute Gasteiger partial charge is 0.463 e. The van der Waals surface area contributed by atoms with Crippen molar-refractivity contribution in [1.29, 1.82) is 0 Å². The Morgan fingerprint density at radius 3 is 2.88 bits per heavy atom. The summed E-state index contributed by atoms with van der Waals surface area (Å²) in [5.74, 6) is 0. The molecule has 0 amide bonds. The quantitative estimate of drug-likeness (QED) is 0.622. The Bertz CT molecular complexity index is 621. The molecule has 0 radical (unpaired) electrons. The summed E-state index contributed by atoms with van der Waals surface area (Å²) in [7, 11) is 0. The van der Waals surface area contributed by atoms with Gasteiger partial charge in [-0.3, -0.25) is 0 Å². The van der Waals surface area contributed by atoms with Gasteiger partial charge in [-0.05, 0) is 52.9 Å². The van der Waals surface area contributed by atoms with Gasteiger partial charge >= 0.3 is 0 Å². The molecular weight excluding hydrogens is 282 g/mol. The van der Waals surface area contributed by atoms with E-state index in [2.05, 4.69) is 20.9 Å². The number of fused-ring (bicyclic) bond motifs is 1. The predicted molar refractivity (Wildman–Crippen MR) is 67.6 cm³/mol. The summed E-state index contributed by atoms with van der Waals surface area (Å²) >= 11 is 3.44. The van der Waals surface area contributed by atoms with Gasteiger partial charge in [-0.2, -0.15) is 4.99 Å². The molecule has 0 spiro atoms. The summed E-state index contributed by atoms with van der Waals surface area (Å²) in [6.45, 7) is 0. The van der Waals surface area contributed by atoms with Gasteiger partial charge in [-0.15, -0.1) is 0 Å². The van der Waals surface area contributed by atoms with Gasteiger partial charge in [-0.25, -0.2) is 4.79 Å². The fraction of sp³-hybridized carbons (Fsp3) is 0.308. The highest BCUT2D eigenvalue weighted by atomic mass is 79.9. The van der Waals surface area contributed by atoms with Crippen molar-refractivity contribution in [3.63, 3.8) is 0 Å². The van der Waals surface area contributed by atoms with E-state index in [1.54, 1.807) is 12.3 Å². The lowest BCUT2D eigenvalue weighted by atomic mass is 9.72. The molecule has 0 unspecified atom stereocenters. The summed E-state index contributed by atoms with van der Waals surface area (Å²) in [4.78, 5) is 14.5. The minimum Gasteiger partial charge on any atom is -0.463 e. The van der Waals surface area contributed by atoms with Crippen molar-refractivity contribution in [2.24, 2.45) is 4.99 Å². The third-order valence-corrected chi connectivity index (χ3v) is 4.12. The Morgan fingerprint density at radius 1 is 1.41 bits per heavy atom. The first-order valence-electron chi connectivity index (χ1n) is 5.51. The lowest BCUT2D eigenvalue weighted by Gasteiger charge is -2.37. The molecule has 0 bridgehead atoms. The van der Waals surface area contributed by atoms with Gasteiger partial charge in [0.1, 0.15) is 11.8 Å². The third kappa shape index (κ3) is 1.56. The first-order chi connectivity index (χ1) is 8.25. The Labute approximate surface area is 107 Å². The molecule has 1 fully saturated rings. The summed E-state index contributed by atoms with van der Waals surface area (Å²) in [5.41, 5.74) is 1.57. The predicted octanol–water partition coefficient (Wildman–Crippen LogP) is 3.91. The van der Waals surface area contributed by atoms with Crippen molar-refractivity contribution in [2.75, 3.05) is 0 Å². The Balaban J connectivity index is 2.16. The smallest absolute Gasteiger partial charge is 0.235 e. The fourth-order valence-corrected chi connectivity index (χ4v) is 2.75. The zero-order valence-electron chi connectivity index (χ0n) is 9.07. The van der Waals surface area contributed by atoms with Crippen LogP contribution >= 0.6 is 15.9 Å². The van der Waals surface area contributed by atoms with Crippen LogP contribution in [0.15, 0.2) is 38.3 Å². The maximum atomic E-state index is 10.5. The van der Waals surface area contributed by atoms with Gasteiger partial charge in [0.25, 0.3) is 0 Å². The molecule has 1 saturated carbocycles. The lowest BCUT2D eigenvalue weighted by Crippen LogP contribution is -2.31. The van der Waals surface area contributed by atoms with E-state index in [0.29, 0.717) is 0 Å². The van der Waals surface area contributed by atoms with Crippen LogP contribution in [0.3, 0.4) is 0 Å². The van der Waals surface area contributed by atoms with Crippen LogP contribution in [0.5, 0.6) is 0 Å². The molecule has 0 saturated heterocycles. The lowest BCUT2D eigenvalue weighted by molar-refractivity contribution is 0.256. The highest BCUT2D eigenvalue weighted by molar-refractivity contribution is 9.10. The SMILES string of the molecule is O=C=NC1(c2ccc3occ(Br)c3c2)CCC1. The molecule has 1 heterocycles. The number of nitrogens with zero attached hydrogens (tertiary/aromatic N) is 1. The molecule has 17 heavy (non-hydrogen) atoms. The van der Waals surface area contributed by atoms with Gasteiger partial charge in [0.05, 0.1) is 10.0 Å². The summed E-state index contributed by atoms with van der Waals surface area (Å²) in [5, 5.41) is 1.02. The van der Waals surface area contributed by atoms with E-state index in [0.717, 1.165) is 40.3 Å². The number of isocyanates is 1. The van der Waals surface area contributed by atoms with Gasteiger partial charge in [-0.1, -0.05) is 6.07 Å². The molecule has 0 aliphatic heterocycles. The summed E-state index contributed by atoms with van der Waals surface area (Å²) in [6, 6.07) is 5.96. The van der Waals surface area contributed by atoms with Crippen LogP contribution in [0.2, 0.25) is 0 Å². The molecular formula is C13H10BrNO2. The molecule has 3 nitrogen and oxygen atoms in total. The van der Waals surface area contributed by atoms with Crippen molar-refractivity contribution < 1.29 is 9.21 Å². The van der Waals surface area contributed by atoms with Crippen LogP contribution in [-0.2, 0) is 10.3 Å². The van der Waals surface area contributed by atoms with E-state index in [1.807, 2.05) is 18.2 Å².